The van der Waals surface area contributed by atoms with Gasteiger partial charge in [-0.2, -0.15) is 0 Å². The molecule has 0 N–H and O–H groups in total. The lowest BCUT2D eigenvalue weighted by Gasteiger charge is -2.31. The van der Waals surface area contributed by atoms with Crippen LogP contribution in [-0.4, -0.2) is 59.3 Å². The van der Waals surface area contributed by atoms with Gasteiger partial charge in [0.2, 0.25) is 6.41 Å². The predicted octanol–water partition coefficient (Wildman–Crippen LogP) is 2.19. The Hall–Kier alpha value is -2.47. The van der Waals surface area contributed by atoms with Gasteiger partial charge in [-0.1, -0.05) is 0 Å². The summed E-state index contributed by atoms with van der Waals surface area (Å²) < 4.78 is 15.1. The molecule has 6 heteroatoms. The highest BCUT2D eigenvalue weighted by Gasteiger charge is 2.21. The molecule has 0 unspecified atom stereocenters. The number of hydrogen-bond acceptors (Lipinski definition) is 3. The van der Waals surface area contributed by atoms with Crippen molar-refractivity contribution in [1.82, 2.24) is 14.4 Å². The average Bonchev–Trinajstić information content (AvgIpc) is 2.91. The molecule has 1 saturated heterocycles. The first kappa shape index (κ1) is 17.4. The van der Waals surface area contributed by atoms with E-state index in [2.05, 4.69) is 4.90 Å². The van der Waals surface area contributed by atoms with Crippen LogP contribution in [0.3, 0.4) is 0 Å². The van der Waals surface area contributed by atoms with Crippen LogP contribution < -0.4 is 0 Å². The Kier molecular flexibility index (Phi) is 4.99. The number of ketones is 1. The van der Waals surface area contributed by atoms with Crippen molar-refractivity contribution in [1.29, 1.82) is 0 Å². The zero-order chi connectivity index (χ0) is 18.0. The van der Waals surface area contributed by atoms with Crippen molar-refractivity contribution in [3.8, 4) is 5.69 Å². The van der Waals surface area contributed by atoms with Gasteiger partial charge in [0.1, 0.15) is 5.82 Å². The van der Waals surface area contributed by atoms with Gasteiger partial charge < -0.3 is 9.47 Å². The molecule has 0 spiro atoms. The Morgan fingerprint density at radius 2 is 1.76 bits per heavy atom. The number of halogens is 1. The average molecular weight is 343 g/mol. The van der Waals surface area contributed by atoms with Gasteiger partial charge in [-0.05, 0) is 44.2 Å². The molecule has 1 fully saturated rings. The van der Waals surface area contributed by atoms with Gasteiger partial charge in [-0.3, -0.25) is 14.5 Å². The quantitative estimate of drug-likeness (QED) is 0.618. The first-order chi connectivity index (χ1) is 12.0. The van der Waals surface area contributed by atoms with Gasteiger partial charge in [-0.25, -0.2) is 4.39 Å². The maximum atomic E-state index is 13.2. The number of amides is 1. The minimum Gasteiger partial charge on any atom is -0.343 e. The fourth-order valence-corrected chi connectivity index (χ4v) is 3.35. The Bertz CT molecular complexity index is 775. The highest BCUT2D eigenvalue weighted by atomic mass is 19.1. The lowest BCUT2D eigenvalue weighted by molar-refractivity contribution is -0.119. The van der Waals surface area contributed by atoms with Crippen LogP contribution in [0.2, 0.25) is 0 Å². The molecule has 1 aromatic heterocycles. The summed E-state index contributed by atoms with van der Waals surface area (Å²) in [5.41, 5.74) is 3.34. The maximum Gasteiger partial charge on any atom is 0.209 e. The third-order valence-corrected chi connectivity index (χ3v) is 4.74. The number of carbonyl (C=O) groups excluding carboxylic acids is 2. The molecular weight excluding hydrogens is 321 g/mol. The minimum absolute atomic E-state index is 0.0704. The first-order valence-electron chi connectivity index (χ1n) is 8.39. The zero-order valence-electron chi connectivity index (χ0n) is 14.5. The second-order valence-electron chi connectivity index (χ2n) is 6.44. The van der Waals surface area contributed by atoms with Gasteiger partial charge in [0.05, 0.1) is 6.54 Å². The van der Waals surface area contributed by atoms with Gasteiger partial charge in [0.25, 0.3) is 0 Å². The van der Waals surface area contributed by atoms with Crippen molar-refractivity contribution in [2.45, 2.75) is 13.8 Å². The van der Waals surface area contributed by atoms with E-state index in [-0.39, 0.29) is 11.6 Å². The van der Waals surface area contributed by atoms with Crippen LogP contribution in [0.4, 0.5) is 4.39 Å². The third-order valence-electron chi connectivity index (χ3n) is 4.74. The van der Waals surface area contributed by atoms with E-state index in [1.54, 1.807) is 17.0 Å². The summed E-state index contributed by atoms with van der Waals surface area (Å²) in [5, 5.41) is 0. The standard InChI is InChI=1S/C19H22FN3O2/c1-14-11-18(15(2)23(14)17-5-3-16(20)4-6-17)19(25)12-21-7-9-22(13-24)10-8-21/h3-6,11,13H,7-10,12H2,1-2H3. The van der Waals surface area contributed by atoms with Gasteiger partial charge in [0, 0.05) is 48.8 Å². The van der Waals surface area contributed by atoms with Gasteiger partial charge in [0.15, 0.2) is 5.78 Å². The van der Waals surface area contributed by atoms with Crippen LogP contribution in [0, 0.1) is 19.7 Å². The van der Waals surface area contributed by atoms with Gasteiger partial charge >= 0.3 is 0 Å². The summed E-state index contributed by atoms with van der Waals surface area (Å²) in [4.78, 5) is 27.3. The summed E-state index contributed by atoms with van der Waals surface area (Å²) in [7, 11) is 0. The molecule has 1 aliphatic heterocycles. The second kappa shape index (κ2) is 7.19. The summed E-state index contributed by atoms with van der Waals surface area (Å²) >= 11 is 0. The van der Waals surface area contributed by atoms with Crippen molar-refractivity contribution in [3.05, 3.63) is 53.1 Å². The topological polar surface area (TPSA) is 45.6 Å². The summed E-state index contributed by atoms with van der Waals surface area (Å²) in [6.07, 6.45) is 0.857. The Morgan fingerprint density at radius 1 is 1.12 bits per heavy atom. The lowest BCUT2D eigenvalue weighted by Crippen LogP contribution is -2.47. The van der Waals surface area contributed by atoms with E-state index < -0.39 is 0 Å². The molecule has 0 atom stereocenters. The molecule has 0 saturated carbocycles. The van der Waals surface area contributed by atoms with Crippen molar-refractivity contribution >= 4 is 12.2 Å². The van der Waals surface area contributed by atoms with E-state index in [1.165, 1.54) is 12.1 Å². The summed E-state index contributed by atoms with van der Waals surface area (Å²) in [5.74, 6) is -0.210. The molecule has 2 aromatic rings. The number of piperazine rings is 1. The smallest absolute Gasteiger partial charge is 0.209 e. The maximum absolute atomic E-state index is 13.2. The minimum atomic E-state index is -0.281. The first-order valence-corrected chi connectivity index (χ1v) is 8.39. The van der Waals surface area contributed by atoms with E-state index in [0.717, 1.165) is 23.5 Å². The third kappa shape index (κ3) is 3.64. The van der Waals surface area contributed by atoms with Crippen LogP contribution in [0.1, 0.15) is 21.7 Å². The number of carbonyl (C=O) groups is 2. The fraction of sp³-hybridized carbons (Fsp3) is 0.368. The molecule has 0 bridgehead atoms. The van der Waals surface area contributed by atoms with E-state index >= 15 is 0 Å². The molecule has 1 aromatic carbocycles. The van der Waals surface area contributed by atoms with Crippen molar-refractivity contribution in [2.24, 2.45) is 0 Å². The number of hydrogen-bond donors (Lipinski definition) is 0. The van der Waals surface area contributed by atoms with Crippen LogP contribution in [-0.2, 0) is 4.79 Å². The molecule has 3 rings (SSSR count). The molecule has 0 aliphatic carbocycles. The Morgan fingerprint density at radius 3 is 2.36 bits per heavy atom. The second-order valence-corrected chi connectivity index (χ2v) is 6.44. The zero-order valence-corrected chi connectivity index (χ0v) is 14.5. The monoisotopic (exact) mass is 343 g/mol. The van der Waals surface area contributed by atoms with E-state index in [1.807, 2.05) is 24.5 Å². The highest BCUT2D eigenvalue weighted by Crippen LogP contribution is 2.22. The van der Waals surface area contributed by atoms with E-state index in [0.29, 0.717) is 38.3 Å². The lowest BCUT2D eigenvalue weighted by atomic mass is 10.1. The van der Waals surface area contributed by atoms with Crippen molar-refractivity contribution in [2.75, 3.05) is 32.7 Å². The molecule has 25 heavy (non-hydrogen) atoms. The molecular formula is C19H22FN3O2. The van der Waals surface area contributed by atoms with Crippen LogP contribution >= 0.6 is 0 Å². The number of benzene rings is 1. The van der Waals surface area contributed by atoms with E-state index in [4.69, 9.17) is 0 Å². The highest BCUT2D eigenvalue weighted by molar-refractivity contribution is 5.99. The molecule has 0 radical (unpaired) electrons. The SMILES string of the molecule is Cc1cc(C(=O)CN2CCN(C=O)CC2)c(C)n1-c1ccc(F)cc1. The van der Waals surface area contributed by atoms with Crippen LogP contribution in [0.15, 0.2) is 30.3 Å². The van der Waals surface area contributed by atoms with Gasteiger partial charge in [-0.15, -0.1) is 0 Å². The summed E-state index contributed by atoms with van der Waals surface area (Å²) in [6, 6.07) is 8.15. The number of aryl methyl sites for hydroxylation is 1. The predicted molar refractivity (Wildman–Crippen MR) is 93.6 cm³/mol. The largest absolute Gasteiger partial charge is 0.343 e. The fourth-order valence-electron chi connectivity index (χ4n) is 3.35. The van der Waals surface area contributed by atoms with E-state index in [9.17, 15) is 14.0 Å². The number of rotatable bonds is 5. The van der Waals surface area contributed by atoms with Crippen molar-refractivity contribution < 1.29 is 14.0 Å². The molecule has 1 aliphatic rings. The number of aromatic nitrogens is 1. The molecule has 5 nitrogen and oxygen atoms in total. The molecule has 1 amide bonds. The number of Topliss-reactive ketones (excluding diaryl/α,β-unsaturated/α-hetero) is 1. The van der Waals surface area contributed by atoms with Crippen molar-refractivity contribution in [3.63, 3.8) is 0 Å². The van der Waals surface area contributed by atoms with Crippen LogP contribution in [0.5, 0.6) is 0 Å². The van der Waals surface area contributed by atoms with Crippen LogP contribution in [0.25, 0.3) is 5.69 Å². The molecule has 2 heterocycles. The molecule has 132 valence electrons. The summed E-state index contributed by atoms with van der Waals surface area (Å²) in [6.45, 7) is 6.93. The number of nitrogens with zero attached hydrogens (tertiary/aromatic N) is 3. The Labute approximate surface area is 146 Å². The normalized spacial score (nSPS) is 15.4. The Balaban J connectivity index is 1.77.